The van der Waals surface area contributed by atoms with Gasteiger partial charge in [0.15, 0.2) is 0 Å². The van der Waals surface area contributed by atoms with Crippen LogP contribution in [0, 0.1) is 5.92 Å². The molecule has 0 N–H and O–H groups in total. The summed E-state index contributed by atoms with van der Waals surface area (Å²) in [6, 6.07) is 10.3. The van der Waals surface area contributed by atoms with Gasteiger partial charge in [-0.25, -0.2) is 12.7 Å². The van der Waals surface area contributed by atoms with Gasteiger partial charge >= 0.3 is 0 Å². The van der Waals surface area contributed by atoms with Gasteiger partial charge in [-0.1, -0.05) is 43.2 Å². The number of sulfonamides is 1. The minimum absolute atomic E-state index is 0.131. The number of hydrogen-bond acceptors (Lipinski definition) is 3. The summed E-state index contributed by atoms with van der Waals surface area (Å²) in [7, 11) is -1.41. The van der Waals surface area contributed by atoms with Crippen molar-refractivity contribution in [3.8, 4) is 0 Å². The summed E-state index contributed by atoms with van der Waals surface area (Å²) in [4.78, 5) is 14.8. The molecule has 6 heteroatoms. The lowest BCUT2D eigenvalue weighted by Crippen LogP contribution is -2.48. The van der Waals surface area contributed by atoms with E-state index >= 15 is 0 Å². The highest BCUT2D eigenvalue weighted by Gasteiger charge is 2.35. The zero-order valence-corrected chi connectivity index (χ0v) is 17.2. The minimum atomic E-state index is -3.30. The summed E-state index contributed by atoms with van der Waals surface area (Å²) in [5.74, 6) is 0.0979. The lowest BCUT2D eigenvalue weighted by atomic mass is 9.97. The van der Waals surface area contributed by atoms with Crippen molar-refractivity contribution in [2.24, 2.45) is 5.92 Å². The van der Waals surface area contributed by atoms with E-state index in [1.165, 1.54) is 12.8 Å². The van der Waals surface area contributed by atoms with Gasteiger partial charge in [0.05, 0.1) is 11.7 Å². The number of carbonyl (C=O) groups is 1. The van der Waals surface area contributed by atoms with Gasteiger partial charge in [0, 0.05) is 26.2 Å². The van der Waals surface area contributed by atoms with Crippen molar-refractivity contribution in [1.82, 2.24) is 9.21 Å². The van der Waals surface area contributed by atoms with Crippen LogP contribution in [-0.2, 0) is 21.2 Å². The first-order chi connectivity index (χ1) is 13.0. The lowest BCUT2D eigenvalue weighted by molar-refractivity contribution is -0.137. The third-order valence-electron chi connectivity index (χ3n) is 6.06. The fraction of sp³-hybridized carbons (Fsp3) is 0.667. The molecule has 1 aliphatic heterocycles. The van der Waals surface area contributed by atoms with Gasteiger partial charge in [-0.15, -0.1) is 0 Å². The summed E-state index contributed by atoms with van der Waals surface area (Å²) in [5, 5.41) is 0. The van der Waals surface area contributed by atoms with E-state index in [1.807, 2.05) is 42.3 Å². The summed E-state index contributed by atoms with van der Waals surface area (Å²) < 4.78 is 27.1. The molecule has 2 aliphatic rings. The Balaban J connectivity index is 1.53. The van der Waals surface area contributed by atoms with Crippen LogP contribution in [0.25, 0.3) is 0 Å². The normalized spacial score (nSPS) is 22.0. The minimum Gasteiger partial charge on any atom is -0.342 e. The molecule has 3 rings (SSSR count). The van der Waals surface area contributed by atoms with Crippen molar-refractivity contribution in [3.05, 3.63) is 35.9 Å². The van der Waals surface area contributed by atoms with Gasteiger partial charge in [-0.2, -0.15) is 0 Å². The number of piperidine rings is 1. The SMILES string of the molecule is CN(C(=O)[C@@H]1CCCN(S(=O)(=O)CCCc2ccccc2)C1)C1CCCC1. The molecule has 5 nitrogen and oxygen atoms in total. The number of aryl methyl sites for hydroxylation is 1. The van der Waals surface area contributed by atoms with Gasteiger partial charge in [0.1, 0.15) is 0 Å². The van der Waals surface area contributed by atoms with Crippen molar-refractivity contribution in [1.29, 1.82) is 0 Å². The van der Waals surface area contributed by atoms with E-state index in [-0.39, 0.29) is 17.6 Å². The molecule has 0 spiro atoms. The Bertz CT molecular complexity index is 714. The second kappa shape index (κ2) is 9.20. The number of rotatable bonds is 7. The average molecular weight is 393 g/mol. The Morgan fingerprint density at radius 3 is 2.52 bits per heavy atom. The molecule has 0 bridgehead atoms. The van der Waals surface area contributed by atoms with Gasteiger partial charge < -0.3 is 4.90 Å². The second-order valence-corrected chi connectivity index (χ2v) is 10.1. The zero-order valence-electron chi connectivity index (χ0n) is 16.3. The first kappa shape index (κ1) is 20.3. The standard InChI is InChI=1S/C21H32N2O3S/c1-22(20-13-5-6-14-20)21(24)19-12-7-15-23(17-19)27(25,26)16-8-11-18-9-3-2-4-10-18/h2-4,9-10,19-20H,5-8,11-17H2,1H3/t19-/m1/s1. The van der Waals surface area contributed by atoms with Gasteiger partial charge in [-0.05, 0) is 44.1 Å². The third-order valence-corrected chi connectivity index (χ3v) is 7.98. The fourth-order valence-corrected chi connectivity index (χ4v) is 5.97. The fourth-order valence-electron chi connectivity index (χ4n) is 4.39. The first-order valence-electron chi connectivity index (χ1n) is 10.3. The Hall–Kier alpha value is -1.40. The van der Waals surface area contributed by atoms with E-state index in [1.54, 1.807) is 4.31 Å². The molecule has 1 aromatic carbocycles. The van der Waals surface area contributed by atoms with E-state index < -0.39 is 10.0 Å². The Labute approximate surface area is 163 Å². The highest BCUT2D eigenvalue weighted by Crippen LogP contribution is 2.27. The maximum absolute atomic E-state index is 12.9. The quantitative estimate of drug-likeness (QED) is 0.717. The molecule has 0 unspecified atom stereocenters. The van der Waals surface area contributed by atoms with Crippen molar-refractivity contribution < 1.29 is 13.2 Å². The average Bonchev–Trinajstić information content (AvgIpc) is 3.22. The molecule has 1 saturated heterocycles. The van der Waals surface area contributed by atoms with Crippen molar-refractivity contribution in [2.75, 3.05) is 25.9 Å². The molecule has 150 valence electrons. The predicted molar refractivity (Wildman–Crippen MR) is 108 cm³/mol. The van der Waals surface area contributed by atoms with Crippen molar-refractivity contribution in [2.45, 2.75) is 57.4 Å². The van der Waals surface area contributed by atoms with Crippen LogP contribution < -0.4 is 0 Å². The molecule has 1 heterocycles. The molecule has 27 heavy (non-hydrogen) atoms. The zero-order chi connectivity index (χ0) is 19.3. The molecule has 1 aliphatic carbocycles. The molecular formula is C21H32N2O3S. The van der Waals surface area contributed by atoms with Crippen LogP contribution in [0.15, 0.2) is 30.3 Å². The van der Waals surface area contributed by atoms with Gasteiger partial charge in [0.2, 0.25) is 15.9 Å². The molecule has 1 amide bonds. The molecule has 1 atom stereocenters. The second-order valence-electron chi connectivity index (χ2n) is 7.99. The smallest absolute Gasteiger partial charge is 0.227 e. The Morgan fingerprint density at radius 2 is 1.81 bits per heavy atom. The molecule has 1 aromatic rings. The van der Waals surface area contributed by atoms with Gasteiger partial charge in [0.25, 0.3) is 0 Å². The Morgan fingerprint density at radius 1 is 1.11 bits per heavy atom. The molecule has 1 saturated carbocycles. The summed E-state index contributed by atoms with van der Waals surface area (Å²) in [6.45, 7) is 0.897. The third kappa shape index (κ3) is 5.32. The number of nitrogens with zero attached hydrogens (tertiary/aromatic N) is 2. The monoisotopic (exact) mass is 392 g/mol. The van der Waals surface area contributed by atoms with Crippen LogP contribution >= 0.6 is 0 Å². The highest BCUT2D eigenvalue weighted by atomic mass is 32.2. The topological polar surface area (TPSA) is 57.7 Å². The van der Waals surface area contributed by atoms with E-state index in [2.05, 4.69) is 0 Å². The van der Waals surface area contributed by atoms with E-state index in [9.17, 15) is 13.2 Å². The van der Waals surface area contributed by atoms with E-state index in [0.29, 0.717) is 25.6 Å². The lowest BCUT2D eigenvalue weighted by Gasteiger charge is -2.35. The van der Waals surface area contributed by atoms with Crippen LogP contribution in [0.4, 0.5) is 0 Å². The number of hydrogen-bond donors (Lipinski definition) is 0. The van der Waals surface area contributed by atoms with Crippen LogP contribution in [-0.4, -0.2) is 55.5 Å². The van der Waals surface area contributed by atoms with Crippen molar-refractivity contribution in [3.63, 3.8) is 0 Å². The maximum atomic E-state index is 12.9. The van der Waals surface area contributed by atoms with Crippen LogP contribution in [0.5, 0.6) is 0 Å². The molecule has 2 fully saturated rings. The van der Waals surface area contributed by atoms with Crippen LogP contribution in [0.3, 0.4) is 0 Å². The van der Waals surface area contributed by atoms with Crippen LogP contribution in [0.1, 0.15) is 50.5 Å². The van der Waals surface area contributed by atoms with Crippen LogP contribution in [0.2, 0.25) is 0 Å². The van der Waals surface area contributed by atoms with E-state index in [4.69, 9.17) is 0 Å². The predicted octanol–water partition coefficient (Wildman–Crippen LogP) is 3.06. The number of carbonyl (C=O) groups excluding carboxylic acids is 1. The molecule has 0 aromatic heterocycles. The van der Waals surface area contributed by atoms with Gasteiger partial charge in [-0.3, -0.25) is 4.79 Å². The number of benzene rings is 1. The summed E-state index contributed by atoms with van der Waals surface area (Å²) in [6.07, 6.45) is 7.49. The van der Waals surface area contributed by atoms with E-state index in [0.717, 1.165) is 37.7 Å². The largest absolute Gasteiger partial charge is 0.342 e. The molecular weight excluding hydrogens is 360 g/mol. The number of amides is 1. The maximum Gasteiger partial charge on any atom is 0.227 e. The van der Waals surface area contributed by atoms with Crippen molar-refractivity contribution >= 4 is 15.9 Å². The Kier molecular flexibility index (Phi) is 6.93. The first-order valence-corrected chi connectivity index (χ1v) is 11.9. The summed E-state index contributed by atoms with van der Waals surface area (Å²) in [5.41, 5.74) is 1.16. The highest BCUT2D eigenvalue weighted by molar-refractivity contribution is 7.89. The summed E-state index contributed by atoms with van der Waals surface area (Å²) >= 11 is 0. The molecule has 0 radical (unpaired) electrons.